The van der Waals surface area contributed by atoms with Crippen LogP contribution in [0.4, 0.5) is 13.2 Å². The maximum absolute atomic E-state index is 12.2. The van der Waals surface area contributed by atoms with Crippen LogP contribution < -0.4 is 0 Å². The summed E-state index contributed by atoms with van der Waals surface area (Å²) in [5.74, 6) is 0. The van der Waals surface area contributed by atoms with E-state index in [1.54, 1.807) is 0 Å². The summed E-state index contributed by atoms with van der Waals surface area (Å²) in [7, 11) is 0. The van der Waals surface area contributed by atoms with Crippen LogP contribution in [0.5, 0.6) is 0 Å². The SMILES string of the molecule is FC(F)(F)c1ccc(C(Cl)Cl)cc1Cl. The number of halogens is 6. The van der Waals surface area contributed by atoms with Crippen LogP contribution in [0, 0.1) is 0 Å². The Hall–Kier alpha value is -0.120. The molecule has 0 radical (unpaired) electrons. The topological polar surface area (TPSA) is 0 Å². The van der Waals surface area contributed by atoms with E-state index in [1.165, 1.54) is 6.07 Å². The van der Waals surface area contributed by atoms with Gasteiger partial charge in [0.05, 0.1) is 10.6 Å². The van der Waals surface area contributed by atoms with E-state index in [0.717, 1.165) is 12.1 Å². The van der Waals surface area contributed by atoms with Gasteiger partial charge >= 0.3 is 6.18 Å². The van der Waals surface area contributed by atoms with Crippen LogP contribution in [-0.2, 0) is 6.18 Å². The van der Waals surface area contributed by atoms with Gasteiger partial charge in [-0.15, -0.1) is 23.2 Å². The van der Waals surface area contributed by atoms with Crippen molar-refractivity contribution in [1.29, 1.82) is 0 Å². The van der Waals surface area contributed by atoms with Crippen molar-refractivity contribution < 1.29 is 13.2 Å². The Bertz CT molecular complexity index is 333. The molecule has 0 bridgehead atoms. The van der Waals surface area contributed by atoms with Crippen LogP contribution >= 0.6 is 34.8 Å². The van der Waals surface area contributed by atoms with Crippen LogP contribution in [0.2, 0.25) is 5.02 Å². The summed E-state index contributed by atoms with van der Waals surface area (Å²) in [4.78, 5) is -0.880. The predicted octanol–water partition coefficient (Wildman–Crippen LogP) is 4.84. The zero-order chi connectivity index (χ0) is 10.9. The molecule has 14 heavy (non-hydrogen) atoms. The first-order chi connectivity index (χ1) is 6.32. The molecule has 1 aromatic rings. The van der Waals surface area contributed by atoms with E-state index in [-0.39, 0.29) is 0 Å². The highest BCUT2D eigenvalue weighted by atomic mass is 35.5. The van der Waals surface area contributed by atoms with E-state index in [2.05, 4.69) is 0 Å². The van der Waals surface area contributed by atoms with Gasteiger partial charge in [-0.2, -0.15) is 13.2 Å². The van der Waals surface area contributed by atoms with Gasteiger partial charge in [0, 0.05) is 0 Å². The lowest BCUT2D eigenvalue weighted by atomic mass is 10.1. The third-order valence-electron chi connectivity index (χ3n) is 1.55. The molecule has 0 saturated heterocycles. The molecule has 1 rings (SSSR count). The molecule has 6 heteroatoms. The van der Waals surface area contributed by atoms with Crippen LogP contribution in [0.3, 0.4) is 0 Å². The summed E-state index contributed by atoms with van der Waals surface area (Å²) in [6, 6.07) is 3.16. The first-order valence-electron chi connectivity index (χ1n) is 3.47. The molecule has 78 valence electrons. The smallest absolute Gasteiger partial charge is 0.166 e. The Balaban J connectivity index is 3.15. The number of benzene rings is 1. The van der Waals surface area contributed by atoms with Gasteiger partial charge in [-0.05, 0) is 17.7 Å². The molecule has 0 unspecified atom stereocenters. The van der Waals surface area contributed by atoms with Gasteiger partial charge in [0.15, 0.2) is 0 Å². The Labute approximate surface area is 93.6 Å². The van der Waals surface area contributed by atoms with Gasteiger partial charge in [0.2, 0.25) is 0 Å². The Morgan fingerprint density at radius 1 is 1.14 bits per heavy atom. The highest BCUT2D eigenvalue weighted by Crippen LogP contribution is 2.37. The zero-order valence-corrected chi connectivity index (χ0v) is 8.84. The second-order valence-corrected chi connectivity index (χ2v) is 4.04. The Morgan fingerprint density at radius 2 is 1.71 bits per heavy atom. The molecule has 0 saturated carbocycles. The molecule has 0 amide bonds. The van der Waals surface area contributed by atoms with Crippen molar-refractivity contribution in [2.75, 3.05) is 0 Å². The summed E-state index contributed by atoms with van der Waals surface area (Å²) in [5, 5.41) is -0.402. The Morgan fingerprint density at radius 3 is 2.07 bits per heavy atom. The lowest BCUT2D eigenvalue weighted by Crippen LogP contribution is -2.05. The van der Waals surface area contributed by atoms with E-state index < -0.39 is 21.6 Å². The second-order valence-electron chi connectivity index (χ2n) is 2.54. The number of hydrogen-bond donors (Lipinski definition) is 0. The molecule has 0 spiro atoms. The number of rotatable bonds is 1. The minimum Gasteiger partial charge on any atom is -0.166 e. The van der Waals surface area contributed by atoms with Crippen molar-refractivity contribution in [2.45, 2.75) is 11.0 Å². The van der Waals surface area contributed by atoms with Crippen LogP contribution in [-0.4, -0.2) is 0 Å². The molecule has 1 aromatic carbocycles. The van der Waals surface area contributed by atoms with Crippen LogP contribution in [0.25, 0.3) is 0 Å². The van der Waals surface area contributed by atoms with Crippen molar-refractivity contribution in [1.82, 2.24) is 0 Å². The minimum atomic E-state index is -4.45. The fraction of sp³-hybridized carbons (Fsp3) is 0.250. The average molecular weight is 263 g/mol. The summed E-state index contributed by atoms with van der Waals surface area (Å²) < 4.78 is 36.7. The largest absolute Gasteiger partial charge is 0.417 e. The predicted molar refractivity (Wildman–Crippen MR) is 50.9 cm³/mol. The highest BCUT2D eigenvalue weighted by Gasteiger charge is 2.33. The molecule has 0 aromatic heterocycles. The third-order valence-corrected chi connectivity index (χ3v) is 2.37. The van der Waals surface area contributed by atoms with E-state index in [0.29, 0.717) is 5.56 Å². The van der Waals surface area contributed by atoms with Gasteiger partial charge in [0.1, 0.15) is 4.84 Å². The van der Waals surface area contributed by atoms with Gasteiger partial charge in [-0.3, -0.25) is 0 Å². The van der Waals surface area contributed by atoms with E-state index in [4.69, 9.17) is 34.8 Å². The van der Waals surface area contributed by atoms with Crippen molar-refractivity contribution in [3.05, 3.63) is 34.3 Å². The average Bonchev–Trinajstić information content (AvgIpc) is 2.01. The van der Waals surface area contributed by atoms with Crippen molar-refractivity contribution in [3.8, 4) is 0 Å². The molecule has 0 heterocycles. The molecule has 0 aliphatic carbocycles. The fourth-order valence-corrected chi connectivity index (χ4v) is 1.46. The van der Waals surface area contributed by atoms with Crippen molar-refractivity contribution in [2.24, 2.45) is 0 Å². The Kier molecular flexibility index (Phi) is 3.56. The summed E-state index contributed by atoms with van der Waals surface area (Å²) >= 11 is 16.4. The highest BCUT2D eigenvalue weighted by molar-refractivity contribution is 6.44. The van der Waals surface area contributed by atoms with Crippen molar-refractivity contribution in [3.63, 3.8) is 0 Å². The van der Waals surface area contributed by atoms with Gasteiger partial charge in [0.25, 0.3) is 0 Å². The quantitative estimate of drug-likeness (QED) is 0.636. The molecule has 0 fully saturated rings. The third kappa shape index (κ3) is 2.69. The second kappa shape index (κ2) is 4.17. The molecular formula is C8H4Cl3F3. The minimum absolute atomic E-state index is 0.339. The molecular weight excluding hydrogens is 259 g/mol. The molecule has 0 aliphatic heterocycles. The maximum atomic E-state index is 12.2. The fourth-order valence-electron chi connectivity index (χ4n) is 0.897. The van der Waals surface area contributed by atoms with E-state index >= 15 is 0 Å². The normalized spacial score (nSPS) is 12.2. The molecule has 0 aliphatic rings. The molecule has 0 nitrogen and oxygen atoms in total. The molecule has 0 N–H and O–H groups in total. The van der Waals surface area contributed by atoms with Gasteiger partial charge < -0.3 is 0 Å². The van der Waals surface area contributed by atoms with Gasteiger partial charge in [-0.1, -0.05) is 17.7 Å². The number of hydrogen-bond acceptors (Lipinski definition) is 0. The van der Waals surface area contributed by atoms with E-state index in [9.17, 15) is 13.2 Å². The van der Waals surface area contributed by atoms with Gasteiger partial charge in [-0.25, -0.2) is 0 Å². The summed E-state index contributed by atoms with van der Waals surface area (Å²) in [6.07, 6.45) is -4.45. The summed E-state index contributed by atoms with van der Waals surface area (Å²) in [6.45, 7) is 0. The zero-order valence-electron chi connectivity index (χ0n) is 6.58. The van der Waals surface area contributed by atoms with Crippen LogP contribution in [0.1, 0.15) is 16.0 Å². The van der Waals surface area contributed by atoms with E-state index in [1.807, 2.05) is 0 Å². The number of alkyl halides is 5. The first kappa shape index (κ1) is 12.0. The monoisotopic (exact) mass is 262 g/mol. The molecule has 0 atom stereocenters. The lowest BCUT2D eigenvalue weighted by Gasteiger charge is -2.10. The standard InChI is InChI=1S/C8H4Cl3F3/c9-6-3-4(7(10)11)1-2-5(6)8(12,13)14/h1-3,7H. The van der Waals surface area contributed by atoms with Crippen molar-refractivity contribution >= 4 is 34.8 Å². The summed E-state index contributed by atoms with van der Waals surface area (Å²) in [5.41, 5.74) is -0.553. The van der Waals surface area contributed by atoms with Crippen LogP contribution in [0.15, 0.2) is 18.2 Å². The maximum Gasteiger partial charge on any atom is 0.417 e. The lowest BCUT2D eigenvalue weighted by molar-refractivity contribution is -0.137. The first-order valence-corrected chi connectivity index (χ1v) is 4.72.